The number of likely N-dealkylation sites (N-methyl/N-ethyl adjacent to an activating group) is 1. The fourth-order valence-electron chi connectivity index (χ4n) is 1.80. The van der Waals surface area contributed by atoms with E-state index in [9.17, 15) is 12.9 Å². The van der Waals surface area contributed by atoms with Crippen molar-refractivity contribution in [1.29, 1.82) is 0 Å². The van der Waals surface area contributed by atoms with Crippen molar-refractivity contribution < 1.29 is 69.1 Å². The van der Waals surface area contributed by atoms with Gasteiger partial charge in [-0.15, -0.1) is 5.46 Å². The van der Waals surface area contributed by atoms with Crippen molar-refractivity contribution >= 4 is 18.1 Å². The Labute approximate surface area is 141 Å². The molecule has 0 fully saturated rings. The van der Waals surface area contributed by atoms with Gasteiger partial charge in [0.05, 0.1) is 13.2 Å². The number of anilines is 1. The van der Waals surface area contributed by atoms with Gasteiger partial charge >= 0.3 is 58.4 Å². The summed E-state index contributed by atoms with van der Waals surface area (Å²) in [5.74, 6) is 0. The largest absolute Gasteiger partial charge is 1.00 e. The Kier molecular flexibility index (Phi) is 5.55. The Hall–Kier alpha value is 0.471. The summed E-state index contributed by atoms with van der Waals surface area (Å²) in [6, 6.07) is 3.85. The molecule has 2 nitrogen and oxygen atoms in total. The summed E-state index contributed by atoms with van der Waals surface area (Å²) in [4.78, 5) is 1.91. The van der Waals surface area contributed by atoms with Gasteiger partial charge in [-0.05, 0) is 11.6 Å². The van der Waals surface area contributed by atoms with E-state index in [-0.39, 0.29) is 58.0 Å². The maximum Gasteiger partial charge on any atom is 1.00 e. The molecule has 1 aromatic carbocycles. The summed E-state index contributed by atoms with van der Waals surface area (Å²) in [5, 5.41) is 0. The van der Waals surface area contributed by atoms with Crippen LogP contribution in [0.4, 0.5) is 18.6 Å². The van der Waals surface area contributed by atoms with E-state index in [1.165, 1.54) is 12.1 Å². The average molecular weight is 269 g/mol. The number of hydrogen-bond acceptors (Lipinski definition) is 2. The van der Waals surface area contributed by atoms with Gasteiger partial charge in [-0.3, -0.25) is 0 Å². The number of rotatable bonds is 1. The topological polar surface area (TPSA) is 12.5 Å². The van der Waals surface area contributed by atoms with Crippen LogP contribution in [0.5, 0.6) is 0 Å². The molecular formula is C10H12BF3KNO. The molecule has 17 heavy (non-hydrogen) atoms. The Morgan fingerprint density at radius 3 is 2.65 bits per heavy atom. The average Bonchev–Trinajstić information content (AvgIpc) is 2.39. The fraction of sp³-hybridized carbons (Fsp3) is 0.400. The molecular weight excluding hydrogens is 257 g/mol. The molecule has 0 saturated carbocycles. The van der Waals surface area contributed by atoms with Crippen LogP contribution < -0.4 is 61.7 Å². The minimum Gasteiger partial charge on any atom is -0.445 e. The normalized spacial score (nSPS) is 15.9. The molecule has 88 valence electrons. The van der Waals surface area contributed by atoms with Crippen molar-refractivity contribution in [1.82, 2.24) is 0 Å². The zero-order valence-corrected chi connectivity index (χ0v) is 13.0. The smallest absolute Gasteiger partial charge is 0.445 e. The first-order valence-corrected chi connectivity index (χ1v) is 5.10. The van der Waals surface area contributed by atoms with E-state index in [0.717, 1.165) is 11.8 Å². The molecule has 0 saturated heterocycles. The maximum atomic E-state index is 12.6. The second kappa shape index (κ2) is 6.08. The number of ether oxygens (including phenoxy) is 1. The van der Waals surface area contributed by atoms with Crippen LogP contribution in [-0.2, 0) is 11.3 Å². The van der Waals surface area contributed by atoms with Gasteiger partial charge < -0.3 is 22.6 Å². The van der Waals surface area contributed by atoms with Crippen molar-refractivity contribution in [2.24, 2.45) is 0 Å². The second-order valence-electron chi connectivity index (χ2n) is 3.94. The van der Waals surface area contributed by atoms with Crippen molar-refractivity contribution in [2.45, 2.75) is 6.61 Å². The number of benzene rings is 1. The summed E-state index contributed by atoms with van der Waals surface area (Å²) < 4.78 is 43.0. The van der Waals surface area contributed by atoms with Gasteiger partial charge in [-0.2, -0.15) is 0 Å². The summed E-state index contributed by atoms with van der Waals surface area (Å²) >= 11 is 0. The van der Waals surface area contributed by atoms with Crippen LogP contribution in [0.1, 0.15) is 5.56 Å². The minimum absolute atomic E-state index is 0. The van der Waals surface area contributed by atoms with Gasteiger partial charge in [0.1, 0.15) is 0 Å². The van der Waals surface area contributed by atoms with Crippen LogP contribution in [0.25, 0.3) is 0 Å². The molecule has 1 aliphatic heterocycles. The summed E-state index contributed by atoms with van der Waals surface area (Å²) in [6.45, 7) is -3.44. The molecule has 2 rings (SSSR count). The van der Waals surface area contributed by atoms with Gasteiger partial charge in [0.2, 0.25) is 0 Å². The van der Waals surface area contributed by atoms with Crippen molar-refractivity contribution in [3.05, 3.63) is 23.8 Å². The Morgan fingerprint density at radius 1 is 1.29 bits per heavy atom. The zero-order valence-electron chi connectivity index (χ0n) is 9.92. The van der Waals surface area contributed by atoms with Gasteiger partial charge in [-0.1, -0.05) is 12.1 Å². The minimum atomic E-state index is -4.93. The predicted octanol–water partition coefficient (Wildman–Crippen LogP) is -1.29. The van der Waals surface area contributed by atoms with Gasteiger partial charge in [-0.25, -0.2) is 0 Å². The fourth-order valence-corrected chi connectivity index (χ4v) is 1.80. The van der Waals surface area contributed by atoms with Gasteiger partial charge in [0, 0.05) is 19.3 Å². The summed E-state index contributed by atoms with van der Waals surface area (Å²) in [6.07, 6.45) is 0. The third-order valence-electron chi connectivity index (χ3n) is 2.72. The van der Waals surface area contributed by atoms with Crippen LogP contribution >= 0.6 is 0 Å². The van der Waals surface area contributed by atoms with Crippen LogP contribution in [-0.4, -0.2) is 27.2 Å². The SMILES string of the molecule is CN1CCOCc2cc([B-](F)(F)F)ccc21.[K+]. The molecule has 1 aliphatic rings. The molecule has 0 spiro atoms. The monoisotopic (exact) mass is 269 g/mol. The number of halogens is 3. The molecule has 0 atom stereocenters. The number of fused-ring (bicyclic) bond motifs is 1. The molecule has 1 aromatic rings. The van der Waals surface area contributed by atoms with Gasteiger partial charge in [0.25, 0.3) is 0 Å². The molecule has 0 radical (unpaired) electrons. The second-order valence-corrected chi connectivity index (χ2v) is 3.94. The molecule has 0 N–H and O–H groups in total. The molecule has 0 unspecified atom stereocenters. The molecule has 0 aliphatic carbocycles. The van der Waals surface area contributed by atoms with Crippen molar-refractivity contribution in [2.75, 3.05) is 25.1 Å². The van der Waals surface area contributed by atoms with Crippen LogP contribution in [0.3, 0.4) is 0 Å². The van der Waals surface area contributed by atoms with E-state index in [2.05, 4.69) is 0 Å². The summed E-state index contributed by atoms with van der Waals surface area (Å²) in [7, 11) is 1.85. The zero-order chi connectivity index (χ0) is 11.8. The van der Waals surface area contributed by atoms with Crippen molar-refractivity contribution in [3.8, 4) is 0 Å². The van der Waals surface area contributed by atoms with E-state index in [1.54, 1.807) is 0 Å². The third kappa shape index (κ3) is 3.72. The molecule has 1 heterocycles. The van der Waals surface area contributed by atoms with E-state index in [0.29, 0.717) is 18.7 Å². The molecule has 7 heteroatoms. The van der Waals surface area contributed by atoms with Crippen LogP contribution in [0, 0.1) is 0 Å². The Morgan fingerprint density at radius 2 is 2.00 bits per heavy atom. The van der Waals surface area contributed by atoms with E-state index in [4.69, 9.17) is 4.74 Å². The predicted molar refractivity (Wildman–Crippen MR) is 58.1 cm³/mol. The first kappa shape index (κ1) is 15.5. The first-order valence-electron chi connectivity index (χ1n) is 5.10. The maximum absolute atomic E-state index is 12.6. The van der Waals surface area contributed by atoms with Crippen LogP contribution in [0.15, 0.2) is 18.2 Å². The molecule has 0 bridgehead atoms. The van der Waals surface area contributed by atoms with Crippen molar-refractivity contribution in [3.63, 3.8) is 0 Å². The van der Waals surface area contributed by atoms with Crippen LogP contribution in [0.2, 0.25) is 0 Å². The third-order valence-corrected chi connectivity index (χ3v) is 2.72. The number of hydrogen-bond donors (Lipinski definition) is 0. The molecule has 0 amide bonds. The number of nitrogens with zero attached hydrogens (tertiary/aromatic N) is 1. The first-order chi connectivity index (χ1) is 7.48. The standard InChI is InChI=1S/C10H12BF3NO.K/c1-15-4-5-16-7-8-6-9(11(12,13)14)2-3-10(8)15;/h2-3,6H,4-5,7H2,1H3;/q-1;+1. The quantitative estimate of drug-likeness (QED) is 0.588. The summed E-state index contributed by atoms with van der Waals surface area (Å²) in [5.41, 5.74) is 0.871. The Bertz CT molecular complexity index is 400. The van der Waals surface area contributed by atoms with E-state index in [1.807, 2.05) is 11.9 Å². The molecule has 0 aromatic heterocycles. The van der Waals surface area contributed by atoms with E-state index < -0.39 is 12.4 Å². The van der Waals surface area contributed by atoms with Gasteiger partial charge in [0.15, 0.2) is 0 Å². The Balaban J connectivity index is 0.00000144. The van der Waals surface area contributed by atoms with E-state index >= 15 is 0 Å².